The molecule has 0 bridgehead atoms. The molecule has 9 heteroatoms. The maximum absolute atomic E-state index is 12.4. The second kappa shape index (κ2) is 4.69. The van der Waals surface area contributed by atoms with Crippen LogP contribution in [0.15, 0.2) is 27.8 Å². The minimum atomic E-state index is -3.70. The van der Waals surface area contributed by atoms with E-state index < -0.39 is 10.0 Å². The zero-order valence-electron chi connectivity index (χ0n) is 10.8. The topological polar surface area (TPSA) is 89.5 Å². The van der Waals surface area contributed by atoms with Crippen molar-refractivity contribution < 1.29 is 12.8 Å². The number of sulfonamides is 1. The molecular weight excluding hydrogens is 300 g/mol. The highest BCUT2D eigenvalue weighted by Gasteiger charge is 2.25. The summed E-state index contributed by atoms with van der Waals surface area (Å²) in [6, 6.07) is 3.41. The molecule has 1 N–H and O–H groups in total. The molecule has 0 amide bonds. The van der Waals surface area contributed by atoms with Crippen LogP contribution in [0.2, 0.25) is 0 Å². The monoisotopic (exact) mass is 312 g/mol. The summed E-state index contributed by atoms with van der Waals surface area (Å²) in [6.45, 7) is 3.55. The Kier molecular flexibility index (Phi) is 3.11. The molecule has 0 radical (unpaired) electrons. The van der Waals surface area contributed by atoms with Crippen molar-refractivity contribution in [3.63, 3.8) is 0 Å². The van der Waals surface area contributed by atoms with Crippen LogP contribution in [0.1, 0.15) is 16.5 Å². The Morgan fingerprint density at radius 1 is 1.45 bits per heavy atom. The minimum Gasteiger partial charge on any atom is -0.468 e. The van der Waals surface area contributed by atoms with Gasteiger partial charge >= 0.3 is 0 Å². The van der Waals surface area contributed by atoms with Gasteiger partial charge in [0.15, 0.2) is 5.03 Å². The molecule has 0 aliphatic carbocycles. The van der Waals surface area contributed by atoms with Crippen molar-refractivity contribution in [3.05, 3.63) is 34.9 Å². The summed E-state index contributed by atoms with van der Waals surface area (Å²) in [6.07, 6.45) is 1.50. The third-order valence-corrected chi connectivity index (χ3v) is 5.02. The fraction of sp³-hybridized carbons (Fsp3) is 0.273. The Balaban J connectivity index is 1.98. The van der Waals surface area contributed by atoms with Gasteiger partial charge in [0.25, 0.3) is 10.0 Å². The summed E-state index contributed by atoms with van der Waals surface area (Å²) in [5.74, 6) is 0.543. The van der Waals surface area contributed by atoms with E-state index in [0.29, 0.717) is 16.4 Å². The smallest absolute Gasteiger partial charge is 0.260 e. The molecule has 0 aromatic carbocycles. The van der Waals surface area contributed by atoms with Gasteiger partial charge in [-0.2, -0.15) is 9.61 Å². The van der Waals surface area contributed by atoms with E-state index in [-0.39, 0.29) is 11.6 Å². The minimum absolute atomic E-state index is 0.0726. The quantitative estimate of drug-likeness (QED) is 0.788. The van der Waals surface area contributed by atoms with Gasteiger partial charge in [-0.25, -0.2) is 18.1 Å². The fourth-order valence-corrected chi connectivity index (χ4v) is 3.99. The molecule has 0 saturated heterocycles. The molecule has 3 heterocycles. The standard InChI is InChI=1S/C11H12N4O3S2/c1-7-10(15-11(13-7)19-8(2)14-15)20(16,17)12-6-9-4-3-5-18-9/h3-5,12H,6H2,1-2H3. The molecule has 0 saturated carbocycles. The highest BCUT2D eigenvalue weighted by molar-refractivity contribution is 7.89. The number of nitrogens with zero attached hydrogens (tertiary/aromatic N) is 3. The third-order valence-electron chi connectivity index (χ3n) is 2.70. The number of aryl methyl sites for hydroxylation is 2. The lowest BCUT2D eigenvalue weighted by Gasteiger charge is -2.04. The molecule has 0 spiro atoms. The van der Waals surface area contributed by atoms with Crippen LogP contribution >= 0.6 is 11.3 Å². The Morgan fingerprint density at radius 3 is 2.95 bits per heavy atom. The number of hydrogen-bond acceptors (Lipinski definition) is 6. The lowest BCUT2D eigenvalue weighted by Crippen LogP contribution is -2.25. The van der Waals surface area contributed by atoms with Gasteiger partial charge in [-0.05, 0) is 26.0 Å². The average Bonchev–Trinajstić information content (AvgIpc) is 3.02. The van der Waals surface area contributed by atoms with Crippen LogP contribution in [0, 0.1) is 13.8 Å². The molecule has 0 unspecified atom stereocenters. The first kappa shape index (κ1) is 13.3. The Bertz CT molecular complexity index is 846. The molecule has 3 aromatic heterocycles. The van der Waals surface area contributed by atoms with Crippen LogP contribution in [0.5, 0.6) is 0 Å². The largest absolute Gasteiger partial charge is 0.468 e. The second-order valence-electron chi connectivity index (χ2n) is 4.22. The first-order chi connectivity index (χ1) is 9.47. The van der Waals surface area contributed by atoms with E-state index >= 15 is 0 Å². The van der Waals surface area contributed by atoms with Crippen molar-refractivity contribution >= 4 is 26.3 Å². The van der Waals surface area contributed by atoms with E-state index in [0.717, 1.165) is 5.01 Å². The van der Waals surface area contributed by atoms with Gasteiger partial charge in [0.1, 0.15) is 10.8 Å². The van der Waals surface area contributed by atoms with E-state index in [1.54, 1.807) is 26.0 Å². The summed E-state index contributed by atoms with van der Waals surface area (Å²) < 4.78 is 33.7. The molecule has 0 fully saturated rings. The molecule has 3 aromatic rings. The van der Waals surface area contributed by atoms with Crippen molar-refractivity contribution in [3.8, 4) is 0 Å². The van der Waals surface area contributed by atoms with Crippen LogP contribution in [0.4, 0.5) is 0 Å². The maximum atomic E-state index is 12.4. The molecular formula is C11H12N4O3S2. The zero-order chi connectivity index (χ0) is 14.3. The van der Waals surface area contributed by atoms with Crippen LogP contribution < -0.4 is 4.72 Å². The SMILES string of the molecule is Cc1nn2c(S(=O)(=O)NCc3ccco3)c(C)nc2s1. The fourth-order valence-electron chi connectivity index (χ4n) is 1.88. The maximum Gasteiger partial charge on any atom is 0.260 e. The predicted molar refractivity (Wildman–Crippen MR) is 73.1 cm³/mol. The molecule has 20 heavy (non-hydrogen) atoms. The molecule has 0 aliphatic rings. The Labute approximate surface area is 119 Å². The van der Waals surface area contributed by atoms with Gasteiger partial charge in [-0.3, -0.25) is 0 Å². The number of fused-ring (bicyclic) bond motifs is 1. The van der Waals surface area contributed by atoms with Gasteiger partial charge in [0.2, 0.25) is 4.96 Å². The molecule has 106 valence electrons. The van der Waals surface area contributed by atoms with Crippen molar-refractivity contribution in [1.29, 1.82) is 0 Å². The van der Waals surface area contributed by atoms with E-state index in [1.807, 2.05) is 0 Å². The van der Waals surface area contributed by atoms with Crippen molar-refractivity contribution in [2.75, 3.05) is 0 Å². The average molecular weight is 312 g/mol. The number of imidazole rings is 1. The van der Waals surface area contributed by atoms with Gasteiger partial charge in [0.05, 0.1) is 18.5 Å². The van der Waals surface area contributed by atoms with E-state index in [1.165, 1.54) is 22.1 Å². The molecule has 0 atom stereocenters. The summed E-state index contributed by atoms with van der Waals surface area (Å²) in [7, 11) is -3.70. The zero-order valence-corrected chi connectivity index (χ0v) is 12.5. The third kappa shape index (κ3) is 2.23. The number of rotatable bonds is 4. The second-order valence-corrected chi connectivity index (χ2v) is 7.06. The van der Waals surface area contributed by atoms with Crippen molar-refractivity contribution in [2.24, 2.45) is 0 Å². The summed E-state index contributed by atoms with van der Waals surface area (Å²) in [4.78, 5) is 4.79. The molecule has 0 aliphatic heterocycles. The van der Waals surface area contributed by atoms with Crippen molar-refractivity contribution in [1.82, 2.24) is 19.3 Å². The number of aromatic nitrogens is 3. The van der Waals surface area contributed by atoms with Gasteiger partial charge in [-0.1, -0.05) is 11.3 Å². The van der Waals surface area contributed by atoms with Crippen LogP contribution in [-0.2, 0) is 16.6 Å². The van der Waals surface area contributed by atoms with Gasteiger partial charge in [-0.15, -0.1) is 0 Å². The Morgan fingerprint density at radius 2 is 2.25 bits per heavy atom. The number of furan rings is 1. The van der Waals surface area contributed by atoms with Crippen LogP contribution in [0.25, 0.3) is 4.96 Å². The first-order valence-corrected chi connectivity index (χ1v) is 8.12. The lowest BCUT2D eigenvalue weighted by atomic mass is 10.5. The van der Waals surface area contributed by atoms with E-state index in [2.05, 4.69) is 14.8 Å². The van der Waals surface area contributed by atoms with Crippen LogP contribution in [-0.4, -0.2) is 23.0 Å². The summed E-state index contributed by atoms with van der Waals surface area (Å²) >= 11 is 1.35. The van der Waals surface area contributed by atoms with Gasteiger partial charge in [0, 0.05) is 0 Å². The lowest BCUT2D eigenvalue weighted by molar-refractivity contribution is 0.497. The number of hydrogen-bond donors (Lipinski definition) is 1. The van der Waals surface area contributed by atoms with Gasteiger partial charge < -0.3 is 4.42 Å². The van der Waals surface area contributed by atoms with Crippen molar-refractivity contribution in [2.45, 2.75) is 25.4 Å². The summed E-state index contributed by atoms with van der Waals surface area (Å²) in [5, 5.41) is 5.01. The normalized spacial score (nSPS) is 12.3. The molecule has 7 nitrogen and oxygen atoms in total. The van der Waals surface area contributed by atoms with Crippen LogP contribution in [0.3, 0.4) is 0 Å². The highest BCUT2D eigenvalue weighted by atomic mass is 32.2. The number of nitrogens with one attached hydrogen (secondary N) is 1. The van der Waals surface area contributed by atoms with E-state index in [4.69, 9.17) is 4.42 Å². The predicted octanol–water partition coefficient (Wildman–Crippen LogP) is 1.48. The first-order valence-electron chi connectivity index (χ1n) is 5.82. The summed E-state index contributed by atoms with van der Waals surface area (Å²) in [5.41, 5.74) is 0.427. The molecule has 3 rings (SSSR count). The Hall–Kier alpha value is -1.71. The highest BCUT2D eigenvalue weighted by Crippen LogP contribution is 2.21. The van der Waals surface area contributed by atoms with E-state index in [9.17, 15) is 8.42 Å².